The Hall–Kier alpha value is -4.73. The number of methoxy groups -OCH3 is 1. The number of hydrogen-bond acceptors (Lipinski definition) is 10. The van der Waals surface area contributed by atoms with Crippen molar-refractivity contribution in [3.05, 3.63) is 49.2 Å². The minimum atomic E-state index is -4.00. The number of allylic oxidation sites excluding steroid dienone is 1. The maximum Gasteiger partial charge on any atom is 0.405 e. The number of aromatic nitrogens is 2. The summed E-state index contributed by atoms with van der Waals surface area (Å²) in [4.78, 5) is 64.0. The van der Waals surface area contributed by atoms with Crippen LogP contribution in [-0.4, -0.2) is 94.3 Å². The Labute approximate surface area is 297 Å². The number of sulfonamides is 1. The summed E-state index contributed by atoms with van der Waals surface area (Å²) in [6.45, 7) is 10.6. The fourth-order valence-corrected chi connectivity index (χ4v) is 7.73. The summed E-state index contributed by atoms with van der Waals surface area (Å²) in [5.74, 6) is -2.02. The van der Waals surface area contributed by atoms with E-state index in [1.807, 2.05) is 0 Å². The van der Waals surface area contributed by atoms with Gasteiger partial charge in [0.15, 0.2) is 0 Å². The topological polar surface area (TPSA) is 206 Å². The molecule has 0 bridgehead atoms. The van der Waals surface area contributed by atoms with Crippen molar-refractivity contribution in [2.75, 3.05) is 13.7 Å². The van der Waals surface area contributed by atoms with Gasteiger partial charge in [0.2, 0.25) is 27.7 Å². The number of aryl methyl sites for hydroxylation is 1. The molecule has 0 unspecified atom stereocenters. The van der Waals surface area contributed by atoms with Gasteiger partial charge in [-0.05, 0) is 64.5 Å². The molecule has 3 aliphatic rings. The number of carbonyl (C=O) groups is 4. The maximum atomic E-state index is 14.1. The number of benzene rings is 1. The van der Waals surface area contributed by atoms with Gasteiger partial charge in [0.05, 0.1) is 29.4 Å². The van der Waals surface area contributed by atoms with E-state index < -0.39 is 68.2 Å². The molecule has 0 spiro atoms. The third kappa shape index (κ3) is 8.10. The number of likely N-dealkylation sites (tertiary alicyclic amines) is 1. The number of amides is 4. The van der Waals surface area contributed by atoms with Crippen LogP contribution in [0.25, 0.3) is 11.0 Å². The SMILES string of the molecule is C=CCCCCC[C@H](NC(=O)O)C(=O)N1C[C@H](Oc2nc3cc(OC)ccc3nc2C)C[C@H]1C(=O)N[C@]1(C(=O)NS(=O)(=O)C2(C)CC2)C[C@H]1C=C. The third-order valence-electron chi connectivity index (χ3n) is 10.0. The van der Waals surface area contributed by atoms with E-state index in [-0.39, 0.29) is 31.7 Å². The second-order valence-corrected chi connectivity index (χ2v) is 16.0. The lowest BCUT2D eigenvalue weighted by Gasteiger charge is -2.29. The smallest absolute Gasteiger partial charge is 0.405 e. The first-order valence-corrected chi connectivity index (χ1v) is 18.6. The molecule has 2 aromatic rings. The van der Waals surface area contributed by atoms with Crippen LogP contribution in [0.2, 0.25) is 0 Å². The van der Waals surface area contributed by atoms with Crippen molar-refractivity contribution in [3.63, 3.8) is 0 Å². The fourth-order valence-electron chi connectivity index (χ4n) is 6.42. The first kappa shape index (κ1) is 37.5. The van der Waals surface area contributed by atoms with Crippen molar-refractivity contribution in [2.45, 2.75) is 100 Å². The van der Waals surface area contributed by atoms with Crippen molar-refractivity contribution in [3.8, 4) is 11.6 Å². The first-order valence-electron chi connectivity index (χ1n) is 17.1. The molecule has 5 rings (SSSR count). The minimum absolute atomic E-state index is 0.0270. The molecule has 2 aliphatic carbocycles. The molecule has 1 aromatic carbocycles. The lowest BCUT2D eigenvalue weighted by Crippen LogP contribution is -2.58. The van der Waals surface area contributed by atoms with Crippen molar-refractivity contribution in [1.82, 2.24) is 30.2 Å². The largest absolute Gasteiger partial charge is 0.497 e. The minimum Gasteiger partial charge on any atom is -0.497 e. The maximum absolute atomic E-state index is 14.1. The van der Waals surface area contributed by atoms with Gasteiger partial charge in [-0.25, -0.2) is 23.2 Å². The third-order valence-corrected chi connectivity index (χ3v) is 12.2. The highest BCUT2D eigenvalue weighted by Gasteiger charge is 2.63. The molecule has 3 fully saturated rings. The second kappa shape index (κ2) is 14.9. The predicted octanol–water partition coefficient (Wildman–Crippen LogP) is 3.13. The second-order valence-electron chi connectivity index (χ2n) is 13.8. The fraction of sp³-hybridized carbons (Fsp3) is 0.543. The molecule has 276 valence electrons. The number of fused-ring (bicyclic) bond motifs is 1. The number of rotatable bonds is 17. The standard InChI is InChI=1S/C35H46N6O9S/c1-6-8-9-10-11-12-26(38-33(45)46)31(43)41-20-24(50-30-21(3)36-25-14-13-23(49-5)17-27(25)37-30)18-28(41)29(42)39-35(19-22(35)7-2)32(44)40-51(47,48)34(4)15-16-34/h6-7,13-14,17,22,24,26,28,38H,1-2,8-12,15-16,18-20H2,3-5H3,(H,39,42)(H,40,44)(H,45,46)/t22-,24-,26+,28+,35-/m1/s1. The lowest BCUT2D eigenvalue weighted by atomic mass is 10.0. The summed E-state index contributed by atoms with van der Waals surface area (Å²) in [5.41, 5.74) is -0.00564. The Morgan fingerprint density at radius 1 is 1.14 bits per heavy atom. The molecule has 1 saturated heterocycles. The first-order chi connectivity index (χ1) is 24.2. The molecule has 2 saturated carbocycles. The van der Waals surface area contributed by atoms with Crippen LogP contribution in [0.5, 0.6) is 11.6 Å². The molecule has 4 amide bonds. The van der Waals surface area contributed by atoms with Gasteiger partial charge in [-0.3, -0.25) is 19.1 Å². The number of unbranched alkanes of at least 4 members (excludes halogenated alkanes) is 3. The molecule has 1 aliphatic heterocycles. The van der Waals surface area contributed by atoms with Gasteiger partial charge in [-0.15, -0.1) is 13.2 Å². The predicted molar refractivity (Wildman–Crippen MR) is 187 cm³/mol. The highest BCUT2D eigenvalue weighted by atomic mass is 32.2. The molecule has 1 aromatic heterocycles. The number of hydrogen-bond donors (Lipinski definition) is 4. The van der Waals surface area contributed by atoms with Crippen molar-refractivity contribution in [2.24, 2.45) is 5.92 Å². The van der Waals surface area contributed by atoms with Crippen molar-refractivity contribution >= 4 is 44.9 Å². The summed E-state index contributed by atoms with van der Waals surface area (Å²) in [7, 11) is -2.47. The molecule has 0 radical (unpaired) electrons. The van der Waals surface area contributed by atoms with Crippen LogP contribution in [0.3, 0.4) is 0 Å². The van der Waals surface area contributed by atoms with Gasteiger partial charge in [-0.1, -0.05) is 25.0 Å². The molecule has 4 N–H and O–H groups in total. The van der Waals surface area contributed by atoms with Crippen LogP contribution < -0.4 is 24.8 Å². The van der Waals surface area contributed by atoms with Crippen molar-refractivity contribution < 1.29 is 42.2 Å². The van der Waals surface area contributed by atoms with Crippen LogP contribution in [0.1, 0.15) is 70.4 Å². The zero-order chi connectivity index (χ0) is 37.1. The molecule has 15 nitrogen and oxygen atoms in total. The van der Waals surface area contributed by atoms with E-state index in [1.165, 1.54) is 18.1 Å². The van der Waals surface area contributed by atoms with Gasteiger partial charge in [0.25, 0.3) is 5.91 Å². The monoisotopic (exact) mass is 726 g/mol. The average molecular weight is 727 g/mol. The Kier molecular flexibility index (Phi) is 10.9. The summed E-state index contributed by atoms with van der Waals surface area (Å²) < 4.78 is 38.5. The van der Waals surface area contributed by atoms with Gasteiger partial charge in [0, 0.05) is 18.4 Å². The highest BCUT2D eigenvalue weighted by Crippen LogP contribution is 2.47. The van der Waals surface area contributed by atoms with E-state index in [0.717, 1.165) is 19.3 Å². The van der Waals surface area contributed by atoms with Gasteiger partial charge >= 0.3 is 6.09 Å². The van der Waals surface area contributed by atoms with Gasteiger partial charge < -0.3 is 30.1 Å². The number of carboxylic acid groups (broad SMARTS) is 1. The summed E-state index contributed by atoms with van der Waals surface area (Å²) in [6.07, 6.45) is 5.09. The van der Waals surface area contributed by atoms with E-state index >= 15 is 0 Å². The zero-order valence-electron chi connectivity index (χ0n) is 29.1. The van der Waals surface area contributed by atoms with Gasteiger partial charge in [0.1, 0.15) is 35.2 Å². The quantitative estimate of drug-likeness (QED) is 0.138. The summed E-state index contributed by atoms with van der Waals surface area (Å²) in [6, 6.07) is 2.87. The van der Waals surface area contributed by atoms with E-state index in [9.17, 15) is 32.7 Å². The molecule has 5 atom stereocenters. The zero-order valence-corrected chi connectivity index (χ0v) is 30.0. The number of nitrogens with zero attached hydrogens (tertiary/aromatic N) is 3. The summed E-state index contributed by atoms with van der Waals surface area (Å²) >= 11 is 0. The Bertz CT molecular complexity index is 1830. The van der Waals surface area contributed by atoms with E-state index in [1.54, 1.807) is 38.1 Å². The van der Waals surface area contributed by atoms with Crippen LogP contribution >= 0.6 is 0 Å². The molecular formula is C35H46N6O9S. The molecule has 2 heterocycles. The molecular weight excluding hydrogens is 680 g/mol. The van der Waals surface area contributed by atoms with E-state index in [2.05, 4.69) is 38.5 Å². The normalized spacial score (nSPS) is 23.8. The number of ether oxygens (including phenoxy) is 2. The summed E-state index contributed by atoms with van der Waals surface area (Å²) in [5, 5.41) is 14.7. The molecule has 51 heavy (non-hydrogen) atoms. The molecule has 16 heteroatoms. The van der Waals surface area contributed by atoms with Crippen LogP contribution in [0.15, 0.2) is 43.5 Å². The lowest BCUT2D eigenvalue weighted by molar-refractivity contribution is -0.141. The van der Waals surface area contributed by atoms with Crippen molar-refractivity contribution in [1.29, 1.82) is 0 Å². The number of nitrogens with one attached hydrogen (secondary N) is 3. The Morgan fingerprint density at radius 3 is 2.51 bits per heavy atom. The number of carbonyl (C=O) groups excluding carboxylic acids is 3. The van der Waals surface area contributed by atoms with Crippen LogP contribution in [-0.2, 0) is 24.4 Å². The highest BCUT2D eigenvalue weighted by molar-refractivity contribution is 7.91. The van der Waals surface area contributed by atoms with Crippen LogP contribution in [0, 0.1) is 12.8 Å². The average Bonchev–Trinajstić information content (AvgIpc) is 3.97. The van der Waals surface area contributed by atoms with E-state index in [4.69, 9.17) is 9.47 Å². The Morgan fingerprint density at radius 2 is 1.88 bits per heavy atom. The van der Waals surface area contributed by atoms with Gasteiger partial charge in [-0.2, -0.15) is 0 Å². The Balaban J connectivity index is 1.41. The van der Waals surface area contributed by atoms with E-state index in [0.29, 0.717) is 41.7 Å². The van der Waals surface area contributed by atoms with Crippen LogP contribution in [0.4, 0.5) is 4.79 Å².